The van der Waals surface area contributed by atoms with Gasteiger partial charge in [-0.15, -0.1) is 0 Å². The first-order valence-corrected chi connectivity index (χ1v) is 11.0. The second-order valence-electron chi connectivity index (χ2n) is 6.33. The zero-order chi connectivity index (χ0) is 20.1. The first kappa shape index (κ1) is 21.2. The van der Waals surface area contributed by atoms with E-state index in [0.29, 0.717) is 30.2 Å². The molecule has 0 unspecified atom stereocenters. The molecule has 0 atom stereocenters. The Balaban J connectivity index is 2.02. The van der Waals surface area contributed by atoms with Gasteiger partial charge in [0.05, 0.1) is 22.9 Å². The third kappa shape index (κ3) is 5.53. The summed E-state index contributed by atoms with van der Waals surface area (Å²) < 4.78 is 6.19. The number of hydrogen-bond acceptors (Lipinski definition) is 7. The number of halogens is 2. The van der Waals surface area contributed by atoms with Crippen LogP contribution in [0.1, 0.15) is 13.8 Å². The van der Waals surface area contributed by atoms with Gasteiger partial charge in [-0.3, -0.25) is 0 Å². The monoisotopic (exact) mass is 529 g/mol. The zero-order valence-electron chi connectivity index (χ0n) is 15.8. The predicted octanol–water partition coefficient (Wildman–Crippen LogP) is 5.40. The largest absolute Gasteiger partial charge is 0.383 e. The molecule has 0 bridgehead atoms. The van der Waals surface area contributed by atoms with E-state index in [4.69, 9.17) is 16.3 Å². The number of aromatic nitrogens is 3. The molecule has 0 saturated heterocycles. The minimum absolute atomic E-state index is 0.319. The Kier molecular flexibility index (Phi) is 7.44. The molecular weight excluding hydrogens is 509 g/mol. The summed E-state index contributed by atoms with van der Waals surface area (Å²) in [5.74, 6) is 0.548. The van der Waals surface area contributed by atoms with Crippen LogP contribution in [0.3, 0.4) is 0 Å². The van der Waals surface area contributed by atoms with Crippen LogP contribution < -0.4 is 10.6 Å². The van der Waals surface area contributed by atoms with Gasteiger partial charge in [0.25, 0.3) is 0 Å². The van der Waals surface area contributed by atoms with Crippen LogP contribution in [0, 0.1) is 3.57 Å². The SMILES string of the molecule is COCCNc1nc(-c2cnc(NC(C)C)s2)cc(-c2cc(Cl)ccc2I)n1. The van der Waals surface area contributed by atoms with Crippen molar-refractivity contribution < 1.29 is 4.74 Å². The summed E-state index contributed by atoms with van der Waals surface area (Å²) >= 11 is 10.1. The van der Waals surface area contributed by atoms with E-state index < -0.39 is 0 Å². The van der Waals surface area contributed by atoms with Crippen LogP contribution in [-0.2, 0) is 4.74 Å². The van der Waals surface area contributed by atoms with E-state index in [-0.39, 0.29) is 0 Å². The fourth-order valence-corrected chi connectivity index (χ4v) is 4.16. The Labute approximate surface area is 187 Å². The minimum atomic E-state index is 0.319. The molecule has 0 aliphatic rings. The number of hydrogen-bond donors (Lipinski definition) is 2. The van der Waals surface area contributed by atoms with Crippen LogP contribution in [0.15, 0.2) is 30.5 Å². The van der Waals surface area contributed by atoms with Crippen molar-refractivity contribution in [3.05, 3.63) is 39.1 Å². The fraction of sp³-hybridized carbons (Fsp3) is 0.316. The molecule has 0 saturated carbocycles. The first-order chi connectivity index (χ1) is 13.5. The van der Waals surface area contributed by atoms with E-state index in [1.54, 1.807) is 18.4 Å². The van der Waals surface area contributed by atoms with E-state index in [9.17, 15) is 0 Å². The third-order valence-electron chi connectivity index (χ3n) is 3.69. The molecule has 2 N–H and O–H groups in total. The topological polar surface area (TPSA) is 72.0 Å². The molecule has 2 heterocycles. The maximum absolute atomic E-state index is 6.22. The number of anilines is 2. The molecule has 3 aromatic rings. The molecule has 6 nitrogen and oxygen atoms in total. The molecule has 0 fully saturated rings. The standard InChI is InChI=1S/C19H21ClIN5OS/c1-11(2)24-19-23-10-17(28-19)16-9-15(13-8-12(20)4-5-14(13)21)25-18(26-16)22-6-7-27-3/h4-5,8-11H,6-7H2,1-3H3,(H,23,24)(H,22,25,26). The Morgan fingerprint density at radius 1 is 1.21 bits per heavy atom. The summed E-state index contributed by atoms with van der Waals surface area (Å²) in [5.41, 5.74) is 2.59. The van der Waals surface area contributed by atoms with Crippen LogP contribution in [0.2, 0.25) is 5.02 Å². The lowest BCUT2D eigenvalue weighted by molar-refractivity contribution is 0.210. The van der Waals surface area contributed by atoms with Gasteiger partial charge in [0, 0.05) is 40.0 Å². The Bertz CT molecular complexity index is 950. The summed E-state index contributed by atoms with van der Waals surface area (Å²) in [6.45, 7) is 5.36. The normalized spacial score (nSPS) is 11.1. The van der Waals surface area contributed by atoms with Crippen LogP contribution in [0.5, 0.6) is 0 Å². The van der Waals surface area contributed by atoms with Gasteiger partial charge in [-0.25, -0.2) is 15.0 Å². The summed E-state index contributed by atoms with van der Waals surface area (Å²) in [5, 5.41) is 8.10. The average Bonchev–Trinajstić information content (AvgIpc) is 3.11. The Morgan fingerprint density at radius 3 is 2.75 bits per heavy atom. The van der Waals surface area contributed by atoms with Gasteiger partial charge in [-0.05, 0) is 60.7 Å². The quantitative estimate of drug-likeness (QED) is 0.301. The number of rotatable bonds is 8. The fourth-order valence-electron chi connectivity index (χ4n) is 2.46. The van der Waals surface area contributed by atoms with Crippen LogP contribution >= 0.6 is 45.5 Å². The minimum Gasteiger partial charge on any atom is -0.383 e. The van der Waals surface area contributed by atoms with E-state index in [0.717, 1.165) is 30.5 Å². The molecule has 2 aromatic heterocycles. The van der Waals surface area contributed by atoms with Crippen molar-refractivity contribution in [2.45, 2.75) is 19.9 Å². The number of methoxy groups -OCH3 is 1. The molecule has 1 aromatic carbocycles. The molecule has 28 heavy (non-hydrogen) atoms. The third-order valence-corrected chi connectivity index (χ3v) is 5.82. The number of thiazole rings is 1. The highest BCUT2D eigenvalue weighted by molar-refractivity contribution is 14.1. The highest BCUT2D eigenvalue weighted by atomic mass is 127. The number of ether oxygens (including phenoxy) is 1. The van der Waals surface area contributed by atoms with Crippen molar-refractivity contribution in [3.63, 3.8) is 0 Å². The van der Waals surface area contributed by atoms with Gasteiger partial charge in [0.15, 0.2) is 5.13 Å². The summed E-state index contributed by atoms with van der Waals surface area (Å²) in [6.07, 6.45) is 1.84. The number of nitrogens with one attached hydrogen (secondary N) is 2. The lowest BCUT2D eigenvalue weighted by Gasteiger charge is -2.10. The van der Waals surface area contributed by atoms with E-state index in [1.807, 2.05) is 30.5 Å². The molecule has 0 aliphatic heterocycles. The predicted molar refractivity (Wildman–Crippen MR) is 125 cm³/mol. The van der Waals surface area contributed by atoms with Gasteiger partial charge in [-0.2, -0.15) is 0 Å². The molecular formula is C19H21ClIN5OS. The summed E-state index contributed by atoms with van der Waals surface area (Å²) in [7, 11) is 1.67. The van der Waals surface area contributed by atoms with E-state index >= 15 is 0 Å². The second kappa shape index (κ2) is 9.82. The molecule has 0 amide bonds. The first-order valence-electron chi connectivity index (χ1n) is 8.76. The molecule has 0 spiro atoms. The van der Waals surface area contributed by atoms with Crippen molar-refractivity contribution in [1.29, 1.82) is 0 Å². The molecule has 0 aliphatic carbocycles. The maximum atomic E-state index is 6.22. The van der Waals surface area contributed by atoms with Crippen molar-refractivity contribution in [1.82, 2.24) is 15.0 Å². The second-order valence-corrected chi connectivity index (χ2v) is 8.96. The molecule has 3 rings (SSSR count). The highest BCUT2D eigenvalue weighted by Crippen LogP contribution is 2.33. The molecule has 9 heteroatoms. The van der Waals surface area contributed by atoms with Gasteiger partial charge in [0.1, 0.15) is 0 Å². The summed E-state index contributed by atoms with van der Waals surface area (Å²) in [4.78, 5) is 14.8. The summed E-state index contributed by atoms with van der Waals surface area (Å²) in [6, 6.07) is 8.07. The van der Waals surface area contributed by atoms with Gasteiger partial charge >= 0.3 is 0 Å². The lowest BCUT2D eigenvalue weighted by atomic mass is 10.1. The zero-order valence-corrected chi connectivity index (χ0v) is 19.5. The lowest BCUT2D eigenvalue weighted by Crippen LogP contribution is -2.11. The van der Waals surface area contributed by atoms with Crippen LogP contribution in [0.25, 0.3) is 21.8 Å². The van der Waals surface area contributed by atoms with Crippen LogP contribution in [0.4, 0.5) is 11.1 Å². The smallest absolute Gasteiger partial charge is 0.223 e. The van der Waals surface area contributed by atoms with Crippen molar-refractivity contribution in [2.75, 3.05) is 30.9 Å². The van der Waals surface area contributed by atoms with Gasteiger partial charge in [-0.1, -0.05) is 22.9 Å². The van der Waals surface area contributed by atoms with E-state index in [1.165, 1.54) is 0 Å². The number of benzene rings is 1. The van der Waals surface area contributed by atoms with Crippen molar-refractivity contribution >= 4 is 56.6 Å². The molecule has 148 valence electrons. The number of nitrogens with zero attached hydrogens (tertiary/aromatic N) is 3. The van der Waals surface area contributed by atoms with Crippen LogP contribution in [-0.4, -0.2) is 41.3 Å². The Hall–Kier alpha value is -1.49. The Morgan fingerprint density at radius 2 is 2.00 bits per heavy atom. The van der Waals surface area contributed by atoms with Crippen molar-refractivity contribution in [3.8, 4) is 21.8 Å². The molecule has 0 radical (unpaired) electrons. The van der Waals surface area contributed by atoms with Gasteiger partial charge in [0.2, 0.25) is 5.95 Å². The maximum Gasteiger partial charge on any atom is 0.223 e. The average molecular weight is 530 g/mol. The highest BCUT2D eigenvalue weighted by Gasteiger charge is 2.14. The van der Waals surface area contributed by atoms with E-state index in [2.05, 4.69) is 62.0 Å². The van der Waals surface area contributed by atoms with Gasteiger partial charge < -0.3 is 15.4 Å². The van der Waals surface area contributed by atoms with Crippen molar-refractivity contribution in [2.24, 2.45) is 0 Å².